The summed E-state index contributed by atoms with van der Waals surface area (Å²) in [4.78, 5) is 15.4. The Morgan fingerprint density at radius 3 is 2.59 bits per heavy atom. The van der Waals surface area contributed by atoms with Crippen molar-refractivity contribution in [3.8, 4) is 0 Å². The molecule has 0 unspecified atom stereocenters. The SMILES string of the molecule is O=C(/C=C/c1sc2ccccc2c1Cl)Nc1ccc(N2CCOCC2)cc1. The van der Waals surface area contributed by atoms with E-state index in [1.807, 2.05) is 48.5 Å². The van der Waals surface area contributed by atoms with Gasteiger partial charge in [-0.25, -0.2) is 0 Å². The van der Waals surface area contributed by atoms with Crippen molar-refractivity contribution in [1.29, 1.82) is 0 Å². The molecule has 1 amide bonds. The van der Waals surface area contributed by atoms with Crippen LogP contribution < -0.4 is 10.2 Å². The third kappa shape index (κ3) is 4.16. The van der Waals surface area contributed by atoms with Crippen molar-refractivity contribution in [2.45, 2.75) is 0 Å². The van der Waals surface area contributed by atoms with Crippen LogP contribution in [0.5, 0.6) is 0 Å². The fraction of sp³-hybridized carbons (Fsp3) is 0.190. The molecule has 3 aromatic rings. The van der Waals surface area contributed by atoms with Crippen LogP contribution in [0.4, 0.5) is 11.4 Å². The summed E-state index contributed by atoms with van der Waals surface area (Å²) in [6.07, 6.45) is 3.29. The van der Waals surface area contributed by atoms with E-state index in [2.05, 4.69) is 10.2 Å². The summed E-state index contributed by atoms with van der Waals surface area (Å²) >= 11 is 7.98. The molecule has 4 rings (SSSR count). The first-order valence-corrected chi connectivity index (χ1v) is 9.99. The molecule has 0 aliphatic carbocycles. The van der Waals surface area contributed by atoms with Crippen molar-refractivity contribution in [2.75, 3.05) is 36.5 Å². The third-order valence-corrected chi connectivity index (χ3v) is 6.11. The lowest BCUT2D eigenvalue weighted by atomic mass is 10.2. The maximum Gasteiger partial charge on any atom is 0.248 e. The van der Waals surface area contributed by atoms with Gasteiger partial charge in [-0.15, -0.1) is 11.3 Å². The fourth-order valence-electron chi connectivity index (χ4n) is 3.05. The topological polar surface area (TPSA) is 41.6 Å². The highest BCUT2D eigenvalue weighted by molar-refractivity contribution is 7.20. The predicted octanol–water partition coefficient (Wildman–Crippen LogP) is 5.04. The number of hydrogen-bond donors (Lipinski definition) is 1. The summed E-state index contributed by atoms with van der Waals surface area (Å²) in [5.41, 5.74) is 1.91. The molecule has 2 heterocycles. The van der Waals surface area contributed by atoms with Gasteiger partial charge in [0.05, 0.1) is 18.2 Å². The molecule has 4 nitrogen and oxygen atoms in total. The van der Waals surface area contributed by atoms with Crippen LogP contribution in [0.2, 0.25) is 5.02 Å². The number of halogens is 1. The summed E-state index contributed by atoms with van der Waals surface area (Å²) in [6, 6.07) is 15.8. The van der Waals surface area contributed by atoms with Crippen LogP contribution in [-0.2, 0) is 9.53 Å². The first kappa shape index (κ1) is 18.0. The van der Waals surface area contributed by atoms with Gasteiger partial charge in [0.15, 0.2) is 0 Å². The Balaban J connectivity index is 1.41. The Kier molecular flexibility index (Phi) is 5.43. The van der Waals surface area contributed by atoms with Crippen LogP contribution in [-0.4, -0.2) is 32.2 Å². The van der Waals surface area contributed by atoms with E-state index in [9.17, 15) is 4.79 Å². The number of anilines is 2. The minimum absolute atomic E-state index is 0.178. The molecule has 2 aromatic carbocycles. The number of rotatable bonds is 4. The van der Waals surface area contributed by atoms with Gasteiger partial charge < -0.3 is 15.0 Å². The molecule has 138 valence electrons. The van der Waals surface area contributed by atoms with E-state index >= 15 is 0 Å². The number of carbonyl (C=O) groups is 1. The predicted molar refractivity (Wildman–Crippen MR) is 114 cm³/mol. The molecule has 0 bridgehead atoms. The van der Waals surface area contributed by atoms with Gasteiger partial charge in [-0.1, -0.05) is 29.8 Å². The van der Waals surface area contributed by atoms with Crippen molar-refractivity contribution in [3.63, 3.8) is 0 Å². The number of amides is 1. The lowest BCUT2D eigenvalue weighted by molar-refractivity contribution is -0.111. The highest BCUT2D eigenvalue weighted by Crippen LogP contribution is 2.35. The van der Waals surface area contributed by atoms with Gasteiger partial charge in [-0.05, 0) is 36.4 Å². The van der Waals surface area contributed by atoms with Gasteiger partial charge >= 0.3 is 0 Å². The quantitative estimate of drug-likeness (QED) is 0.626. The molecule has 0 radical (unpaired) electrons. The zero-order valence-corrected chi connectivity index (χ0v) is 16.2. The minimum Gasteiger partial charge on any atom is -0.378 e. The fourth-order valence-corrected chi connectivity index (χ4v) is 4.45. The Morgan fingerprint density at radius 2 is 1.85 bits per heavy atom. The molecule has 0 saturated carbocycles. The maximum absolute atomic E-state index is 12.2. The summed E-state index contributed by atoms with van der Waals surface area (Å²) in [6.45, 7) is 3.29. The lowest BCUT2D eigenvalue weighted by Gasteiger charge is -2.28. The van der Waals surface area contributed by atoms with Crippen LogP contribution in [0.25, 0.3) is 16.2 Å². The van der Waals surface area contributed by atoms with Crippen molar-refractivity contribution >= 4 is 56.4 Å². The summed E-state index contributed by atoms with van der Waals surface area (Å²) in [5.74, 6) is -0.178. The summed E-state index contributed by atoms with van der Waals surface area (Å²) < 4.78 is 6.49. The Bertz CT molecular complexity index is 976. The Morgan fingerprint density at radius 1 is 1.11 bits per heavy atom. The van der Waals surface area contributed by atoms with Crippen LogP contribution in [0.1, 0.15) is 4.88 Å². The van der Waals surface area contributed by atoms with E-state index < -0.39 is 0 Å². The molecule has 6 heteroatoms. The van der Waals surface area contributed by atoms with E-state index in [0.717, 1.165) is 52.6 Å². The van der Waals surface area contributed by atoms with Gasteiger partial charge in [-0.2, -0.15) is 0 Å². The normalized spacial score (nSPS) is 14.8. The second-order valence-corrected chi connectivity index (χ2v) is 7.71. The second kappa shape index (κ2) is 8.13. The molecule has 1 aliphatic heterocycles. The first-order chi connectivity index (χ1) is 13.2. The molecule has 1 fully saturated rings. The molecule has 0 spiro atoms. The number of ether oxygens (including phenoxy) is 1. The number of morpholine rings is 1. The Hall–Kier alpha value is -2.34. The highest BCUT2D eigenvalue weighted by atomic mass is 35.5. The molecule has 1 saturated heterocycles. The van der Waals surface area contributed by atoms with Gasteiger partial charge in [0.1, 0.15) is 0 Å². The molecular formula is C21H19ClN2O2S. The monoisotopic (exact) mass is 398 g/mol. The average Bonchev–Trinajstić information content (AvgIpc) is 3.04. The zero-order chi connectivity index (χ0) is 18.6. The second-order valence-electron chi connectivity index (χ2n) is 6.25. The van der Waals surface area contributed by atoms with Crippen molar-refractivity contribution in [2.24, 2.45) is 0 Å². The number of hydrogen-bond acceptors (Lipinski definition) is 4. The smallest absolute Gasteiger partial charge is 0.248 e. The van der Waals surface area contributed by atoms with E-state index in [1.54, 1.807) is 17.4 Å². The van der Waals surface area contributed by atoms with Gasteiger partial charge in [0.25, 0.3) is 0 Å². The van der Waals surface area contributed by atoms with Crippen LogP contribution in [0, 0.1) is 0 Å². The highest BCUT2D eigenvalue weighted by Gasteiger charge is 2.11. The molecule has 1 aromatic heterocycles. The summed E-state index contributed by atoms with van der Waals surface area (Å²) in [5, 5.41) is 4.59. The van der Waals surface area contributed by atoms with E-state index in [4.69, 9.17) is 16.3 Å². The molecular weight excluding hydrogens is 380 g/mol. The van der Waals surface area contributed by atoms with Crippen molar-refractivity contribution < 1.29 is 9.53 Å². The first-order valence-electron chi connectivity index (χ1n) is 8.79. The van der Waals surface area contributed by atoms with E-state index in [-0.39, 0.29) is 5.91 Å². The zero-order valence-electron chi connectivity index (χ0n) is 14.7. The number of carbonyl (C=O) groups excluding carboxylic acids is 1. The van der Waals surface area contributed by atoms with E-state index in [0.29, 0.717) is 5.02 Å². The third-order valence-electron chi connectivity index (χ3n) is 4.46. The van der Waals surface area contributed by atoms with Gasteiger partial charge in [-0.3, -0.25) is 4.79 Å². The Labute approximate surface area is 167 Å². The molecule has 1 N–H and O–H groups in total. The largest absolute Gasteiger partial charge is 0.378 e. The summed E-state index contributed by atoms with van der Waals surface area (Å²) in [7, 11) is 0. The number of thiophene rings is 1. The minimum atomic E-state index is -0.178. The van der Waals surface area contributed by atoms with Crippen LogP contribution >= 0.6 is 22.9 Å². The maximum atomic E-state index is 12.2. The standard InChI is InChI=1S/C21H19ClN2O2S/c22-21-17-3-1-2-4-18(17)27-19(21)9-10-20(25)23-15-5-7-16(8-6-15)24-11-13-26-14-12-24/h1-10H,11-14H2,(H,23,25)/b10-9+. The number of fused-ring (bicyclic) bond motifs is 1. The van der Waals surface area contributed by atoms with Crippen molar-refractivity contribution in [1.82, 2.24) is 0 Å². The van der Waals surface area contributed by atoms with Crippen LogP contribution in [0.3, 0.4) is 0 Å². The number of nitrogens with zero attached hydrogens (tertiary/aromatic N) is 1. The molecule has 27 heavy (non-hydrogen) atoms. The molecule has 1 aliphatic rings. The van der Waals surface area contributed by atoms with Gasteiger partial charge in [0, 0.05) is 45.5 Å². The van der Waals surface area contributed by atoms with Crippen molar-refractivity contribution in [3.05, 3.63) is 64.5 Å². The number of benzene rings is 2. The average molecular weight is 399 g/mol. The van der Waals surface area contributed by atoms with Crippen LogP contribution in [0.15, 0.2) is 54.6 Å². The molecule has 0 atom stereocenters. The lowest BCUT2D eigenvalue weighted by Crippen LogP contribution is -2.36. The van der Waals surface area contributed by atoms with E-state index in [1.165, 1.54) is 6.08 Å². The van der Waals surface area contributed by atoms with Gasteiger partial charge in [0.2, 0.25) is 5.91 Å². The number of nitrogens with one attached hydrogen (secondary N) is 1.